The van der Waals surface area contributed by atoms with E-state index in [1.165, 1.54) is 18.3 Å². The van der Waals surface area contributed by atoms with Crippen molar-refractivity contribution in [3.63, 3.8) is 0 Å². The highest BCUT2D eigenvalue weighted by Crippen LogP contribution is 2.29. The molecular formula is C13H25N4+. The van der Waals surface area contributed by atoms with Crippen LogP contribution in [0.4, 0.5) is 5.95 Å². The predicted octanol–water partition coefficient (Wildman–Crippen LogP) is 2.16. The summed E-state index contributed by atoms with van der Waals surface area (Å²) in [6.07, 6.45) is 4.83. The van der Waals surface area contributed by atoms with Crippen molar-refractivity contribution in [3.05, 3.63) is 18.5 Å². The Kier molecular flexibility index (Phi) is 4.87. The molecule has 1 aromatic heterocycles. The fourth-order valence-electron chi connectivity index (χ4n) is 1.88. The molecule has 1 rings (SSSR count). The highest BCUT2D eigenvalue weighted by molar-refractivity contribution is 5.06. The zero-order chi connectivity index (χ0) is 12.9. The van der Waals surface area contributed by atoms with Crippen LogP contribution in [0.2, 0.25) is 0 Å². The Morgan fingerprint density at radius 3 is 2.71 bits per heavy atom. The summed E-state index contributed by atoms with van der Waals surface area (Å²) in [5, 5.41) is 8.86. The number of nitrogens with one attached hydrogen (secondary N) is 1. The summed E-state index contributed by atoms with van der Waals surface area (Å²) in [7, 11) is 0. The third kappa shape index (κ3) is 4.30. The van der Waals surface area contributed by atoms with E-state index in [0.717, 1.165) is 18.8 Å². The standard InChI is InChI=1S/C13H24N4/c1-6-11(16-12-14-9-15-17-12)10(3)8-13(4,5)7-2/h9,11H,3,6-8H2,1-2,4-5H3,(H2,14,15,16,17)/p+1. The van der Waals surface area contributed by atoms with Gasteiger partial charge in [0, 0.05) is 6.42 Å². The summed E-state index contributed by atoms with van der Waals surface area (Å²) in [6, 6.07) is 0.383. The number of quaternary nitrogens is 1. The van der Waals surface area contributed by atoms with Crippen molar-refractivity contribution in [2.75, 3.05) is 0 Å². The summed E-state index contributed by atoms with van der Waals surface area (Å²) < 4.78 is 0. The number of rotatable bonds is 7. The molecule has 4 nitrogen and oxygen atoms in total. The third-order valence-electron chi connectivity index (χ3n) is 3.42. The first kappa shape index (κ1) is 13.9. The van der Waals surface area contributed by atoms with Crippen LogP contribution < -0.4 is 5.32 Å². The lowest BCUT2D eigenvalue weighted by Crippen LogP contribution is -2.85. The minimum Gasteiger partial charge on any atom is -0.274 e. The van der Waals surface area contributed by atoms with Gasteiger partial charge in [-0.25, -0.2) is 5.10 Å². The molecule has 1 aromatic rings. The number of nitrogens with two attached hydrogens (primary N) is 1. The summed E-state index contributed by atoms with van der Waals surface area (Å²) in [6.45, 7) is 13.2. The second-order valence-corrected chi connectivity index (χ2v) is 5.40. The Balaban J connectivity index is 2.58. The molecule has 0 amide bonds. The second kappa shape index (κ2) is 5.96. The molecule has 1 heterocycles. The van der Waals surface area contributed by atoms with Gasteiger partial charge in [-0.05, 0) is 17.4 Å². The number of nitrogens with zero attached hydrogens (tertiary/aromatic N) is 2. The molecule has 0 saturated heterocycles. The molecule has 4 heteroatoms. The van der Waals surface area contributed by atoms with Gasteiger partial charge in [-0.2, -0.15) is 10.1 Å². The van der Waals surface area contributed by atoms with Gasteiger partial charge in [0.05, 0.1) is 0 Å². The SMILES string of the molecule is C=C(CC(C)(C)CC)C(CC)[NH2+]c1ncn[nH]1. The molecule has 0 aliphatic heterocycles. The highest BCUT2D eigenvalue weighted by Gasteiger charge is 2.23. The van der Waals surface area contributed by atoms with Crippen molar-refractivity contribution < 1.29 is 5.32 Å². The van der Waals surface area contributed by atoms with Gasteiger partial charge in [0.1, 0.15) is 12.4 Å². The fourth-order valence-corrected chi connectivity index (χ4v) is 1.88. The number of aromatic amines is 1. The molecule has 0 aliphatic rings. The van der Waals surface area contributed by atoms with Gasteiger partial charge in [-0.3, -0.25) is 5.32 Å². The van der Waals surface area contributed by atoms with Gasteiger partial charge >= 0.3 is 5.95 Å². The summed E-state index contributed by atoms with van der Waals surface area (Å²) in [5.41, 5.74) is 1.62. The van der Waals surface area contributed by atoms with Crippen LogP contribution in [0.25, 0.3) is 0 Å². The molecule has 0 radical (unpaired) electrons. The third-order valence-corrected chi connectivity index (χ3v) is 3.42. The molecule has 0 saturated carbocycles. The second-order valence-electron chi connectivity index (χ2n) is 5.40. The molecule has 0 bridgehead atoms. The van der Waals surface area contributed by atoms with Crippen LogP contribution in [0.3, 0.4) is 0 Å². The van der Waals surface area contributed by atoms with Crippen LogP contribution in [0.15, 0.2) is 18.5 Å². The smallest absolute Gasteiger partial charge is 0.274 e. The molecule has 1 unspecified atom stereocenters. The maximum atomic E-state index is 4.25. The average molecular weight is 237 g/mol. The van der Waals surface area contributed by atoms with Crippen LogP contribution in [-0.2, 0) is 0 Å². The van der Waals surface area contributed by atoms with Gasteiger partial charge in [0.15, 0.2) is 0 Å². The fraction of sp³-hybridized carbons (Fsp3) is 0.692. The maximum absolute atomic E-state index is 4.25. The van der Waals surface area contributed by atoms with Crippen LogP contribution in [0.1, 0.15) is 47.0 Å². The zero-order valence-corrected chi connectivity index (χ0v) is 11.5. The number of hydrogen-bond donors (Lipinski definition) is 2. The highest BCUT2D eigenvalue weighted by atomic mass is 15.3. The van der Waals surface area contributed by atoms with Crippen LogP contribution in [0.5, 0.6) is 0 Å². The molecule has 0 aliphatic carbocycles. The quantitative estimate of drug-likeness (QED) is 0.714. The van der Waals surface area contributed by atoms with E-state index in [9.17, 15) is 0 Å². The zero-order valence-electron chi connectivity index (χ0n) is 11.5. The van der Waals surface area contributed by atoms with E-state index in [1.54, 1.807) is 0 Å². The summed E-state index contributed by atoms with van der Waals surface area (Å²) in [5.74, 6) is 0.840. The molecule has 1 atom stereocenters. The van der Waals surface area contributed by atoms with Crippen molar-refractivity contribution in [2.24, 2.45) is 5.41 Å². The number of aromatic nitrogens is 3. The minimum atomic E-state index is 0.333. The predicted molar refractivity (Wildman–Crippen MR) is 69.9 cm³/mol. The summed E-state index contributed by atoms with van der Waals surface area (Å²) >= 11 is 0. The van der Waals surface area contributed by atoms with E-state index in [1.807, 2.05) is 0 Å². The van der Waals surface area contributed by atoms with Crippen LogP contribution in [-0.4, -0.2) is 21.2 Å². The van der Waals surface area contributed by atoms with E-state index in [-0.39, 0.29) is 0 Å². The normalized spacial score (nSPS) is 13.6. The largest absolute Gasteiger partial charge is 0.321 e. The molecular weight excluding hydrogens is 212 g/mol. The number of hydrogen-bond acceptors (Lipinski definition) is 2. The Hall–Kier alpha value is -1.16. The first-order valence-electron chi connectivity index (χ1n) is 6.36. The lowest BCUT2D eigenvalue weighted by molar-refractivity contribution is -0.609. The van der Waals surface area contributed by atoms with E-state index in [4.69, 9.17) is 0 Å². The summed E-state index contributed by atoms with van der Waals surface area (Å²) in [4.78, 5) is 4.14. The lowest BCUT2D eigenvalue weighted by atomic mass is 9.81. The number of H-pyrrole nitrogens is 1. The Morgan fingerprint density at radius 1 is 1.53 bits per heavy atom. The first-order chi connectivity index (χ1) is 7.98. The van der Waals surface area contributed by atoms with E-state index in [0.29, 0.717) is 11.5 Å². The molecule has 0 spiro atoms. The monoisotopic (exact) mass is 237 g/mol. The van der Waals surface area contributed by atoms with Gasteiger partial charge in [-0.1, -0.05) is 40.7 Å². The molecule has 3 N–H and O–H groups in total. The van der Waals surface area contributed by atoms with E-state index < -0.39 is 0 Å². The lowest BCUT2D eigenvalue weighted by Gasteiger charge is -2.26. The van der Waals surface area contributed by atoms with Gasteiger partial charge < -0.3 is 0 Å². The average Bonchev–Trinajstić information content (AvgIpc) is 2.77. The Labute approximate surface area is 104 Å². The van der Waals surface area contributed by atoms with Crippen LogP contribution >= 0.6 is 0 Å². The van der Waals surface area contributed by atoms with Crippen LogP contribution in [0, 0.1) is 5.41 Å². The molecule has 0 fully saturated rings. The van der Waals surface area contributed by atoms with Gasteiger partial charge in [-0.15, -0.1) is 0 Å². The van der Waals surface area contributed by atoms with E-state index >= 15 is 0 Å². The molecule has 96 valence electrons. The molecule has 17 heavy (non-hydrogen) atoms. The topological polar surface area (TPSA) is 58.2 Å². The van der Waals surface area contributed by atoms with Crippen molar-refractivity contribution in [1.29, 1.82) is 0 Å². The van der Waals surface area contributed by atoms with Crippen molar-refractivity contribution in [3.8, 4) is 0 Å². The van der Waals surface area contributed by atoms with E-state index in [2.05, 4.69) is 54.8 Å². The molecule has 0 aromatic carbocycles. The van der Waals surface area contributed by atoms with Gasteiger partial charge in [0.25, 0.3) is 0 Å². The van der Waals surface area contributed by atoms with Crippen molar-refractivity contribution in [2.45, 2.75) is 53.0 Å². The van der Waals surface area contributed by atoms with Crippen molar-refractivity contribution in [1.82, 2.24) is 15.2 Å². The maximum Gasteiger partial charge on any atom is 0.321 e. The van der Waals surface area contributed by atoms with Gasteiger partial charge in [0.2, 0.25) is 0 Å². The van der Waals surface area contributed by atoms with Crippen molar-refractivity contribution >= 4 is 5.95 Å². The minimum absolute atomic E-state index is 0.333. The Bertz CT molecular complexity index is 340. The Morgan fingerprint density at radius 2 is 2.24 bits per heavy atom. The first-order valence-corrected chi connectivity index (χ1v) is 6.36.